The van der Waals surface area contributed by atoms with Crippen molar-refractivity contribution >= 4 is 32.3 Å². The molecular weight excluding hydrogens is 310 g/mol. The molecule has 2 bridgehead atoms. The van der Waals surface area contributed by atoms with Crippen LogP contribution in [-0.2, 0) is 0 Å². The van der Waals surface area contributed by atoms with Crippen LogP contribution in [0.15, 0.2) is 46.9 Å². The van der Waals surface area contributed by atoms with E-state index in [-0.39, 0.29) is 0 Å². The fraction of sp³-hybridized carbons (Fsp3) is 0.333. The van der Waals surface area contributed by atoms with Gasteiger partial charge < -0.3 is 0 Å². The largest absolute Gasteiger partial charge is 0.297 e. The third-order valence-electron chi connectivity index (χ3n) is 4.92. The summed E-state index contributed by atoms with van der Waals surface area (Å²) in [7, 11) is 2.27. The fourth-order valence-electron chi connectivity index (χ4n) is 3.67. The van der Waals surface area contributed by atoms with Gasteiger partial charge in [-0.3, -0.25) is 4.90 Å². The summed E-state index contributed by atoms with van der Waals surface area (Å²) in [6, 6.07) is 14.8. The number of benzene rings is 2. The van der Waals surface area contributed by atoms with Crippen LogP contribution in [0, 0.1) is 0 Å². The predicted molar refractivity (Wildman–Crippen MR) is 88.8 cm³/mol. The molecule has 2 aliphatic rings. The average Bonchev–Trinajstić information content (AvgIpc) is 2.68. The van der Waals surface area contributed by atoms with Crippen LogP contribution in [0.4, 0.5) is 0 Å². The molecule has 0 saturated carbocycles. The van der Waals surface area contributed by atoms with Crippen molar-refractivity contribution in [2.24, 2.45) is 0 Å². The van der Waals surface area contributed by atoms with Gasteiger partial charge in [0.05, 0.1) is 0 Å². The van der Waals surface area contributed by atoms with Crippen molar-refractivity contribution in [3.63, 3.8) is 0 Å². The number of nitrogens with zero attached hydrogens (tertiary/aromatic N) is 1. The Morgan fingerprint density at radius 3 is 2.70 bits per heavy atom. The van der Waals surface area contributed by atoms with Gasteiger partial charge in [0.1, 0.15) is 0 Å². The molecule has 2 heteroatoms. The first kappa shape index (κ1) is 12.6. The number of hydrogen-bond donors (Lipinski definition) is 0. The first-order chi connectivity index (χ1) is 9.70. The summed E-state index contributed by atoms with van der Waals surface area (Å²) >= 11 is 3.54. The molecular formula is C18H18BrN. The van der Waals surface area contributed by atoms with Crippen LogP contribution >= 0.6 is 15.9 Å². The quantitative estimate of drug-likeness (QED) is 0.723. The van der Waals surface area contributed by atoms with Gasteiger partial charge in [0.25, 0.3) is 0 Å². The molecule has 0 amide bonds. The van der Waals surface area contributed by atoms with Gasteiger partial charge in [0.15, 0.2) is 0 Å². The molecule has 4 rings (SSSR count). The Labute approximate surface area is 128 Å². The smallest absolute Gasteiger partial charge is 0.0284 e. The lowest BCUT2D eigenvalue weighted by atomic mass is 9.93. The zero-order valence-electron chi connectivity index (χ0n) is 11.6. The van der Waals surface area contributed by atoms with E-state index in [1.165, 1.54) is 35.6 Å². The van der Waals surface area contributed by atoms with E-state index in [1.54, 1.807) is 5.57 Å². The van der Waals surface area contributed by atoms with Crippen LogP contribution in [0.2, 0.25) is 0 Å². The third-order valence-corrected chi connectivity index (χ3v) is 5.41. The van der Waals surface area contributed by atoms with E-state index < -0.39 is 0 Å². The second-order valence-electron chi connectivity index (χ2n) is 6.07. The maximum absolute atomic E-state index is 3.54. The highest BCUT2D eigenvalue weighted by Crippen LogP contribution is 2.38. The molecule has 2 unspecified atom stereocenters. The number of hydrogen-bond acceptors (Lipinski definition) is 1. The van der Waals surface area contributed by atoms with Crippen LogP contribution in [0.25, 0.3) is 16.3 Å². The maximum Gasteiger partial charge on any atom is 0.0284 e. The highest BCUT2D eigenvalue weighted by atomic mass is 79.9. The molecule has 1 nitrogen and oxygen atoms in total. The van der Waals surface area contributed by atoms with Gasteiger partial charge in [-0.15, -0.1) is 0 Å². The van der Waals surface area contributed by atoms with Crippen molar-refractivity contribution in [3.05, 3.63) is 52.5 Å². The number of rotatable bonds is 1. The summed E-state index contributed by atoms with van der Waals surface area (Å²) in [6.07, 6.45) is 6.37. The highest BCUT2D eigenvalue weighted by Gasteiger charge is 2.33. The van der Waals surface area contributed by atoms with Crippen LogP contribution in [-0.4, -0.2) is 24.0 Å². The third kappa shape index (κ3) is 2.02. The zero-order valence-corrected chi connectivity index (χ0v) is 13.2. The molecule has 20 heavy (non-hydrogen) atoms. The SMILES string of the molecule is CN1C2C=C(c3ccc4cc(Br)ccc4c3)CC1CC2. The van der Waals surface area contributed by atoms with E-state index in [4.69, 9.17) is 0 Å². The summed E-state index contributed by atoms with van der Waals surface area (Å²) in [5.41, 5.74) is 2.95. The molecule has 0 radical (unpaired) electrons. The fourth-order valence-corrected chi connectivity index (χ4v) is 4.05. The van der Waals surface area contributed by atoms with Crippen molar-refractivity contribution in [1.82, 2.24) is 4.90 Å². The molecule has 0 spiro atoms. The summed E-state index contributed by atoms with van der Waals surface area (Å²) in [5.74, 6) is 0. The molecule has 0 aromatic heterocycles. The Hall–Kier alpha value is -1.12. The first-order valence-corrected chi connectivity index (χ1v) is 8.12. The molecule has 0 N–H and O–H groups in total. The predicted octanol–water partition coefficient (Wildman–Crippen LogP) is 4.85. The van der Waals surface area contributed by atoms with Crippen molar-refractivity contribution in [2.75, 3.05) is 7.05 Å². The minimum Gasteiger partial charge on any atom is -0.297 e. The van der Waals surface area contributed by atoms with E-state index in [0.717, 1.165) is 10.5 Å². The highest BCUT2D eigenvalue weighted by molar-refractivity contribution is 9.10. The molecule has 2 aromatic rings. The molecule has 2 aromatic carbocycles. The molecule has 0 aliphatic carbocycles. The van der Waals surface area contributed by atoms with E-state index in [0.29, 0.717) is 6.04 Å². The lowest BCUT2D eigenvalue weighted by molar-refractivity contribution is 0.264. The van der Waals surface area contributed by atoms with Crippen molar-refractivity contribution < 1.29 is 0 Å². The molecule has 1 fully saturated rings. The van der Waals surface area contributed by atoms with E-state index in [2.05, 4.69) is 70.4 Å². The Morgan fingerprint density at radius 1 is 1.05 bits per heavy atom. The van der Waals surface area contributed by atoms with Crippen LogP contribution < -0.4 is 0 Å². The summed E-state index contributed by atoms with van der Waals surface area (Å²) < 4.78 is 1.15. The Balaban J connectivity index is 1.76. The summed E-state index contributed by atoms with van der Waals surface area (Å²) in [5, 5.41) is 2.64. The minimum atomic E-state index is 0.657. The van der Waals surface area contributed by atoms with Crippen LogP contribution in [0.1, 0.15) is 24.8 Å². The standard InChI is InChI=1S/C18H18BrN/c1-20-17-6-7-18(20)11-15(10-17)13-2-3-14-9-16(19)5-4-12(14)8-13/h2-5,8-10,17-18H,6-7,11H2,1H3. The molecule has 2 atom stereocenters. The summed E-state index contributed by atoms with van der Waals surface area (Å²) in [4.78, 5) is 2.54. The Morgan fingerprint density at radius 2 is 1.85 bits per heavy atom. The van der Waals surface area contributed by atoms with Crippen LogP contribution in [0.3, 0.4) is 0 Å². The van der Waals surface area contributed by atoms with E-state index >= 15 is 0 Å². The normalized spacial score (nSPS) is 26.0. The number of halogens is 1. The number of fused-ring (bicyclic) bond motifs is 3. The van der Waals surface area contributed by atoms with Gasteiger partial charge in [-0.2, -0.15) is 0 Å². The lowest BCUT2D eigenvalue weighted by Gasteiger charge is -2.30. The second kappa shape index (κ2) is 4.71. The monoisotopic (exact) mass is 327 g/mol. The molecule has 2 heterocycles. The summed E-state index contributed by atoms with van der Waals surface area (Å²) in [6.45, 7) is 0. The van der Waals surface area contributed by atoms with Crippen molar-refractivity contribution in [2.45, 2.75) is 31.3 Å². The Bertz CT molecular complexity index is 704. The topological polar surface area (TPSA) is 3.24 Å². The van der Waals surface area contributed by atoms with E-state index in [9.17, 15) is 0 Å². The molecule has 2 aliphatic heterocycles. The van der Waals surface area contributed by atoms with Gasteiger partial charge in [-0.05, 0) is 66.4 Å². The molecule has 1 saturated heterocycles. The van der Waals surface area contributed by atoms with Crippen LogP contribution in [0.5, 0.6) is 0 Å². The second-order valence-corrected chi connectivity index (χ2v) is 6.98. The van der Waals surface area contributed by atoms with Gasteiger partial charge in [-0.1, -0.05) is 40.2 Å². The zero-order chi connectivity index (χ0) is 13.7. The lowest BCUT2D eigenvalue weighted by Crippen LogP contribution is -2.34. The first-order valence-electron chi connectivity index (χ1n) is 7.33. The minimum absolute atomic E-state index is 0.657. The molecule has 102 valence electrons. The van der Waals surface area contributed by atoms with Crippen molar-refractivity contribution in [1.29, 1.82) is 0 Å². The van der Waals surface area contributed by atoms with Crippen molar-refractivity contribution in [3.8, 4) is 0 Å². The van der Waals surface area contributed by atoms with Gasteiger partial charge in [0.2, 0.25) is 0 Å². The number of likely N-dealkylation sites (N-methyl/N-ethyl adjacent to an activating group) is 1. The maximum atomic E-state index is 3.54. The van der Waals surface area contributed by atoms with Gasteiger partial charge in [-0.25, -0.2) is 0 Å². The van der Waals surface area contributed by atoms with E-state index in [1.807, 2.05) is 0 Å². The average molecular weight is 328 g/mol. The van der Waals surface area contributed by atoms with Gasteiger partial charge >= 0.3 is 0 Å². The van der Waals surface area contributed by atoms with Gasteiger partial charge in [0, 0.05) is 16.6 Å². The Kier molecular flexibility index (Phi) is 2.97.